The van der Waals surface area contributed by atoms with Crippen molar-refractivity contribution in [2.75, 3.05) is 37.5 Å². The Bertz CT molecular complexity index is 776. The van der Waals surface area contributed by atoms with E-state index in [1.54, 1.807) is 36.4 Å². The lowest BCUT2D eigenvalue weighted by atomic mass is 10.2. The van der Waals surface area contributed by atoms with Crippen LogP contribution >= 0.6 is 11.6 Å². The molecule has 0 unspecified atom stereocenters. The summed E-state index contributed by atoms with van der Waals surface area (Å²) in [6, 6.07) is 12.0. The molecule has 26 heavy (non-hydrogen) atoms. The SMILES string of the molecule is CCOc1ccc(C(=O)NCC(=O)Nc2ccc(N(C)C)c(Cl)c2)cc1. The highest BCUT2D eigenvalue weighted by molar-refractivity contribution is 6.33. The summed E-state index contributed by atoms with van der Waals surface area (Å²) < 4.78 is 5.33. The maximum atomic E-state index is 12.1. The Balaban J connectivity index is 1.88. The molecular formula is C19H22ClN3O3. The van der Waals surface area contributed by atoms with Crippen LogP contribution in [0.2, 0.25) is 5.02 Å². The second-order valence-electron chi connectivity index (χ2n) is 5.75. The van der Waals surface area contributed by atoms with Gasteiger partial charge in [-0.3, -0.25) is 9.59 Å². The quantitative estimate of drug-likeness (QED) is 0.779. The molecule has 6 nitrogen and oxygen atoms in total. The third-order valence-electron chi connectivity index (χ3n) is 3.55. The number of carbonyl (C=O) groups excluding carboxylic acids is 2. The van der Waals surface area contributed by atoms with Crippen LogP contribution in [0.4, 0.5) is 11.4 Å². The van der Waals surface area contributed by atoms with Gasteiger partial charge in [-0.25, -0.2) is 0 Å². The third-order valence-corrected chi connectivity index (χ3v) is 3.85. The molecule has 0 aliphatic heterocycles. The molecule has 0 heterocycles. The smallest absolute Gasteiger partial charge is 0.251 e. The van der Waals surface area contributed by atoms with E-state index >= 15 is 0 Å². The summed E-state index contributed by atoms with van der Waals surface area (Å²) in [5.41, 5.74) is 1.88. The Labute approximate surface area is 158 Å². The molecule has 0 aliphatic carbocycles. The number of halogens is 1. The first-order valence-electron chi connectivity index (χ1n) is 8.18. The van der Waals surface area contributed by atoms with Gasteiger partial charge < -0.3 is 20.3 Å². The number of carbonyl (C=O) groups is 2. The first-order chi connectivity index (χ1) is 12.4. The van der Waals surface area contributed by atoms with Crippen LogP contribution in [0.3, 0.4) is 0 Å². The Hall–Kier alpha value is -2.73. The average molecular weight is 376 g/mol. The van der Waals surface area contributed by atoms with Gasteiger partial charge in [-0.2, -0.15) is 0 Å². The predicted molar refractivity (Wildman–Crippen MR) is 104 cm³/mol. The monoisotopic (exact) mass is 375 g/mol. The zero-order valence-corrected chi connectivity index (χ0v) is 15.8. The van der Waals surface area contributed by atoms with Crippen molar-refractivity contribution in [3.05, 3.63) is 53.1 Å². The van der Waals surface area contributed by atoms with E-state index in [2.05, 4.69) is 10.6 Å². The van der Waals surface area contributed by atoms with Gasteiger partial charge in [-0.1, -0.05) is 11.6 Å². The minimum atomic E-state index is -0.335. The van der Waals surface area contributed by atoms with Crippen LogP contribution < -0.4 is 20.3 Å². The molecule has 2 aromatic carbocycles. The molecule has 2 aromatic rings. The third kappa shape index (κ3) is 5.39. The fourth-order valence-corrected chi connectivity index (χ4v) is 2.63. The van der Waals surface area contributed by atoms with Gasteiger partial charge in [0.1, 0.15) is 5.75 Å². The highest BCUT2D eigenvalue weighted by Gasteiger charge is 2.10. The summed E-state index contributed by atoms with van der Waals surface area (Å²) >= 11 is 6.18. The summed E-state index contributed by atoms with van der Waals surface area (Å²) in [4.78, 5) is 26.0. The summed E-state index contributed by atoms with van der Waals surface area (Å²) in [5.74, 6) is 0.0296. The minimum Gasteiger partial charge on any atom is -0.494 e. The molecule has 2 rings (SSSR count). The summed E-state index contributed by atoms with van der Waals surface area (Å²) in [5, 5.41) is 5.82. The van der Waals surface area contributed by atoms with Gasteiger partial charge in [0.25, 0.3) is 5.91 Å². The highest BCUT2D eigenvalue weighted by atomic mass is 35.5. The number of anilines is 2. The maximum absolute atomic E-state index is 12.1. The van der Waals surface area contributed by atoms with Crippen molar-refractivity contribution in [2.24, 2.45) is 0 Å². The van der Waals surface area contributed by atoms with Crippen LogP contribution in [0.15, 0.2) is 42.5 Å². The van der Waals surface area contributed by atoms with Gasteiger partial charge in [0.05, 0.1) is 23.9 Å². The van der Waals surface area contributed by atoms with Crippen LogP contribution in [0.5, 0.6) is 5.75 Å². The zero-order chi connectivity index (χ0) is 19.1. The van der Waals surface area contributed by atoms with E-state index in [1.165, 1.54) is 0 Å². The van der Waals surface area contributed by atoms with E-state index in [9.17, 15) is 9.59 Å². The van der Waals surface area contributed by atoms with Crippen LogP contribution in [-0.4, -0.2) is 39.1 Å². The number of ether oxygens (including phenoxy) is 1. The Kier molecular flexibility index (Phi) is 6.86. The molecule has 0 saturated heterocycles. The predicted octanol–water partition coefficient (Wildman–Crippen LogP) is 3.17. The summed E-state index contributed by atoms with van der Waals surface area (Å²) in [7, 11) is 3.77. The molecule has 0 spiro atoms. The first-order valence-corrected chi connectivity index (χ1v) is 8.56. The summed E-state index contributed by atoms with van der Waals surface area (Å²) in [6.45, 7) is 2.31. The van der Waals surface area contributed by atoms with E-state index in [-0.39, 0.29) is 18.4 Å². The van der Waals surface area contributed by atoms with Gasteiger partial charge >= 0.3 is 0 Å². The summed E-state index contributed by atoms with van der Waals surface area (Å²) in [6.07, 6.45) is 0. The van der Waals surface area contributed by atoms with Crippen LogP contribution in [-0.2, 0) is 4.79 Å². The topological polar surface area (TPSA) is 70.7 Å². The normalized spacial score (nSPS) is 10.2. The Morgan fingerprint density at radius 1 is 1.12 bits per heavy atom. The number of hydrogen-bond acceptors (Lipinski definition) is 4. The van der Waals surface area contributed by atoms with E-state index in [0.29, 0.717) is 28.6 Å². The van der Waals surface area contributed by atoms with Crippen molar-refractivity contribution in [1.29, 1.82) is 0 Å². The lowest BCUT2D eigenvalue weighted by molar-refractivity contribution is -0.115. The lowest BCUT2D eigenvalue weighted by Crippen LogP contribution is -2.32. The van der Waals surface area contributed by atoms with E-state index in [1.807, 2.05) is 32.0 Å². The van der Waals surface area contributed by atoms with Gasteiger partial charge in [0.15, 0.2) is 0 Å². The highest BCUT2D eigenvalue weighted by Crippen LogP contribution is 2.27. The fraction of sp³-hybridized carbons (Fsp3) is 0.263. The van der Waals surface area contributed by atoms with Gasteiger partial charge in [0.2, 0.25) is 5.91 Å². The largest absolute Gasteiger partial charge is 0.494 e. The second kappa shape index (κ2) is 9.10. The average Bonchev–Trinajstić information content (AvgIpc) is 2.60. The number of amides is 2. The van der Waals surface area contributed by atoms with E-state index in [0.717, 1.165) is 5.69 Å². The Morgan fingerprint density at radius 2 is 1.81 bits per heavy atom. The van der Waals surface area contributed by atoms with Crippen LogP contribution in [0, 0.1) is 0 Å². The van der Waals surface area contributed by atoms with E-state index in [4.69, 9.17) is 16.3 Å². The number of benzene rings is 2. The molecular weight excluding hydrogens is 354 g/mol. The second-order valence-corrected chi connectivity index (χ2v) is 6.16. The molecule has 0 saturated carbocycles. The molecule has 7 heteroatoms. The molecule has 0 aromatic heterocycles. The van der Waals surface area contributed by atoms with E-state index < -0.39 is 0 Å². The molecule has 0 fully saturated rings. The maximum Gasteiger partial charge on any atom is 0.251 e. The van der Waals surface area contributed by atoms with Gasteiger partial charge in [-0.15, -0.1) is 0 Å². The standard InChI is InChI=1S/C19H22ClN3O3/c1-4-26-15-8-5-13(6-9-15)19(25)21-12-18(24)22-14-7-10-17(23(2)3)16(20)11-14/h5-11H,4,12H2,1-3H3,(H,21,25)(H,22,24). The van der Waals surface area contributed by atoms with Crippen molar-refractivity contribution in [3.63, 3.8) is 0 Å². The lowest BCUT2D eigenvalue weighted by Gasteiger charge is -2.15. The number of nitrogens with one attached hydrogen (secondary N) is 2. The van der Waals surface area contributed by atoms with Crippen molar-refractivity contribution in [1.82, 2.24) is 5.32 Å². The molecule has 2 amide bonds. The first kappa shape index (κ1) is 19.6. The van der Waals surface area contributed by atoms with Crippen LogP contribution in [0.25, 0.3) is 0 Å². The molecule has 0 bridgehead atoms. The van der Waals surface area contributed by atoms with Crippen molar-refractivity contribution >= 4 is 34.8 Å². The van der Waals surface area contributed by atoms with Crippen molar-refractivity contribution < 1.29 is 14.3 Å². The number of rotatable bonds is 7. The van der Waals surface area contributed by atoms with Gasteiger partial charge in [0, 0.05) is 25.3 Å². The van der Waals surface area contributed by atoms with Gasteiger partial charge in [-0.05, 0) is 49.4 Å². The molecule has 0 atom stereocenters. The molecule has 138 valence electrons. The number of nitrogens with zero attached hydrogens (tertiary/aromatic N) is 1. The van der Waals surface area contributed by atoms with Crippen molar-refractivity contribution in [2.45, 2.75) is 6.92 Å². The zero-order valence-electron chi connectivity index (χ0n) is 15.0. The Morgan fingerprint density at radius 3 is 2.38 bits per heavy atom. The number of hydrogen-bond donors (Lipinski definition) is 2. The fourth-order valence-electron chi connectivity index (χ4n) is 2.28. The molecule has 2 N–H and O–H groups in total. The molecule has 0 radical (unpaired) electrons. The van der Waals surface area contributed by atoms with Crippen molar-refractivity contribution in [3.8, 4) is 5.75 Å². The van der Waals surface area contributed by atoms with Crippen LogP contribution in [0.1, 0.15) is 17.3 Å². The minimum absolute atomic E-state index is 0.140. The molecule has 0 aliphatic rings.